The smallest absolute Gasteiger partial charge is 0.339 e. The van der Waals surface area contributed by atoms with Gasteiger partial charge in [-0.25, -0.2) is 9.78 Å². The highest BCUT2D eigenvalue weighted by Crippen LogP contribution is 2.24. The molecule has 1 amide bonds. The third kappa shape index (κ3) is 3.81. The average Bonchev–Trinajstić information content (AvgIpc) is 2.91. The zero-order valence-electron chi connectivity index (χ0n) is 14.2. The molecule has 1 fully saturated rings. The first-order valence-corrected chi connectivity index (χ1v) is 8.15. The Bertz CT molecular complexity index is 795. The summed E-state index contributed by atoms with van der Waals surface area (Å²) in [7, 11) is 1.63. The normalized spacial score (nSPS) is 14.0. The molecule has 0 atom stereocenters. The van der Waals surface area contributed by atoms with Crippen LogP contribution in [0.1, 0.15) is 51.5 Å². The third-order valence-corrected chi connectivity index (χ3v) is 4.26. The highest BCUT2D eigenvalue weighted by molar-refractivity contribution is 5.94. The van der Waals surface area contributed by atoms with E-state index in [9.17, 15) is 9.59 Å². The average molecular weight is 344 g/mol. The van der Waals surface area contributed by atoms with Crippen LogP contribution in [-0.4, -0.2) is 40.0 Å². The molecule has 0 spiro atoms. The molecule has 0 aromatic carbocycles. The Hall–Kier alpha value is -2.83. The molecule has 2 aromatic rings. The van der Waals surface area contributed by atoms with E-state index in [0.717, 1.165) is 19.3 Å². The van der Waals surface area contributed by atoms with Crippen molar-refractivity contribution in [3.8, 4) is 5.88 Å². The molecular weight excluding hydrogens is 324 g/mol. The van der Waals surface area contributed by atoms with Crippen molar-refractivity contribution in [2.24, 2.45) is 0 Å². The summed E-state index contributed by atoms with van der Waals surface area (Å²) in [6, 6.07) is 4.70. The van der Waals surface area contributed by atoms with E-state index in [-0.39, 0.29) is 24.1 Å². The maximum absolute atomic E-state index is 12.6. The van der Waals surface area contributed by atoms with E-state index in [1.165, 1.54) is 11.0 Å². The van der Waals surface area contributed by atoms with Crippen LogP contribution in [0.5, 0.6) is 5.88 Å². The van der Waals surface area contributed by atoms with Crippen LogP contribution in [0.15, 0.2) is 28.8 Å². The Labute approximate surface area is 145 Å². The van der Waals surface area contributed by atoms with Gasteiger partial charge in [-0.2, -0.15) is 0 Å². The summed E-state index contributed by atoms with van der Waals surface area (Å²) in [6.45, 7) is 1.76. The molecule has 7 heteroatoms. The minimum absolute atomic E-state index is 0.107. The number of aryl methyl sites for hydroxylation is 1. The van der Waals surface area contributed by atoms with Gasteiger partial charge in [-0.05, 0) is 38.3 Å². The zero-order valence-corrected chi connectivity index (χ0v) is 14.2. The predicted octanol–water partition coefficient (Wildman–Crippen LogP) is 2.88. The summed E-state index contributed by atoms with van der Waals surface area (Å²) in [5, 5.41) is 9.07. The van der Waals surface area contributed by atoms with Gasteiger partial charge in [0.25, 0.3) is 5.91 Å². The topological polar surface area (TPSA) is 92.9 Å². The molecule has 0 unspecified atom stereocenters. The second-order valence-electron chi connectivity index (χ2n) is 6.20. The maximum Gasteiger partial charge on any atom is 0.339 e. The van der Waals surface area contributed by atoms with E-state index in [1.54, 1.807) is 32.3 Å². The van der Waals surface area contributed by atoms with Gasteiger partial charge in [0.2, 0.25) is 5.88 Å². The van der Waals surface area contributed by atoms with Crippen LogP contribution in [0, 0.1) is 6.92 Å². The fourth-order valence-electron chi connectivity index (χ4n) is 2.63. The van der Waals surface area contributed by atoms with E-state index in [1.807, 2.05) is 0 Å². The molecule has 0 aliphatic heterocycles. The minimum atomic E-state index is -1.05. The summed E-state index contributed by atoms with van der Waals surface area (Å²) in [6.07, 6.45) is 4.94. The molecule has 1 N–H and O–H groups in total. The van der Waals surface area contributed by atoms with Crippen molar-refractivity contribution >= 4 is 11.9 Å². The number of carbonyl (C=O) groups excluding carboxylic acids is 1. The summed E-state index contributed by atoms with van der Waals surface area (Å²) >= 11 is 0. The van der Waals surface area contributed by atoms with Crippen molar-refractivity contribution in [2.75, 3.05) is 7.05 Å². The molecular formula is C18H20N2O5. The Morgan fingerprint density at radius 1 is 1.40 bits per heavy atom. The molecule has 0 saturated heterocycles. The Morgan fingerprint density at radius 3 is 2.76 bits per heavy atom. The highest BCUT2D eigenvalue weighted by atomic mass is 16.5. The fraction of sp³-hybridized carbons (Fsp3) is 0.389. The van der Waals surface area contributed by atoms with Crippen LogP contribution in [0.4, 0.5) is 0 Å². The number of pyridine rings is 1. The zero-order chi connectivity index (χ0) is 18.0. The second-order valence-corrected chi connectivity index (χ2v) is 6.20. The van der Waals surface area contributed by atoms with Gasteiger partial charge in [0.1, 0.15) is 23.2 Å². The number of aromatic nitrogens is 1. The first-order valence-electron chi connectivity index (χ1n) is 8.15. The molecule has 0 radical (unpaired) electrons. The molecule has 2 aromatic heterocycles. The van der Waals surface area contributed by atoms with E-state index in [4.69, 9.17) is 14.3 Å². The third-order valence-electron chi connectivity index (χ3n) is 4.26. The monoisotopic (exact) mass is 344 g/mol. The number of furan rings is 1. The van der Waals surface area contributed by atoms with Crippen LogP contribution >= 0.6 is 0 Å². The molecule has 0 bridgehead atoms. The maximum atomic E-state index is 12.6. The fourth-order valence-corrected chi connectivity index (χ4v) is 2.63. The first-order chi connectivity index (χ1) is 11.9. The van der Waals surface area contributed by atoms with Gasteiger partial charge >= 0.3 is 5.97 Å². The predicted molar refractivity (Wildman–Crippen MR) is 88.7 cm³/mol. The number of nitrogens with zero attached hydrogens (tertiary/aromatic N) is 2. The lowest BCUT2D eigenvalue weighted by atomic mass is 9.96. The number of hydrogen-bond acceptors (Lipinski definition) is 5. The van der Waals surface area contributed by atoms with E-state index < -0.39 is 5.97 Å². The van der Waals surface area contributed by atoms with Crippen LogP contribution in [0.3, 0.4) is 0 Å². The number of rotatable bonds is 6. The number of amides is 1. The van der Waals surface area contributed by atoms with Gasteiger partial charge < -0.3 is 19.2 Å². The molecule has 3 rings (SSSR count). The molecule has 25 heavy (non-hydrogen) atoms. The summed E-state index contributed by atoms with van der Waals surface area (Å²) < 4.78 is 11.1. The molecule has 7 nitrogen and oxygen atoms in total. The molecule has 2 heterocycles. The first kappa shape index (κ1) is 17.0. The van der Waals surface area contributed by atoms with Crippen molar-refractivity contribution in [2.45, 2.75) is 38.8 Å². The second kappa shape index (κ2) is 6.96. The molecule has 1 saturated carbocycles. The highest BCUT2D eigenvalue weighted by Gasteiger charge is 2.21. The lowest BCUT2D eigenvalue weighted by molar-refractivity contribution is 0.0694. The van der Waals surface area contributed by atoms with Crippen molar-refractivity contribution in [3.63, 3.8) is 0 Å². The van der Waals surface area contributed by atoms with Crippen molar-refractivity contribution < 1.29 is 23.8 Å². The van der Waals surface area contributed by atoms with Gasteiger partial charge in [-0.3, -0.25) is 4.79 Å². The van der Waals surface area contributed by atoms with E-state index >= 15 is 0 Å². The van der Waals surface area contributed by atoms with E-state index in [2.05, 4.69) is 4.98 Å². The van der Waals surface area contributed by atoms with Gasteiger partial charge in [0.15, 0.2) is 0 Å². The number of carboxylic acid groups (broad SMARTS) is 1. The van der Waals surface area contributed by atoms with E-state index in [0.29, 0.717) is 23.0 Å². The summed E-state index contributed by atoms with van der Waals surface area (Å²) in [5.74, 6) is -0.0691. The number of hydrogen-bond donors (Lipinski definition) is 1. The van der Waals surface area contributed by atoms with Crippen molar-refractivity contribution in [1.82, 2.24) is 9.88 Å². The lowest BCUT2D eigenvalue weighted by Gasteiger charge is -2.25. The molecule has 1 aliphatic rings. The number of ether oxygens (including phenoxy) is 1. The van der Waals surface area contributed by atoms with Crippen LogP contribution in [0.2, 0.25) is 0 Å². The Balaban J connectivity index is 1.68. The van der Waals surface area contributed by atoms with Crippen LogP contribution in [-0.2, 0) is 6.54 Å². The van der Waals surface area contributed by atoms with Gasteiger partial charge in [0.05, 0.1) is 6.54 Å². The lowest BCUT2D eigenvalue weighted by Crippen LogP contribution is -2.27. The van der Waals surface area contributed by atoms with Crippen molar-refractivity contribution in [3.05, 3.63) is 47.0 Å². The number of carbonyl (C=O) groups is 2. The largest absolute Gasteiger partial charge is 0.478 e. The molecule has 132 valence electrons. The Morgan fingerprint density at radius 2 is 2.16 bits per heavy atom. The summed E-state index contributed by atoms with van der Waals surface area (Å²) in [4.78, 5) is 29.3. The minimum Gasteiger partial charge on any atom is -0.478 e. The standard InChI is InChI=1S/C18H20N2O5/c1-11-15(18(22)23)9-14(24-11)10-20(2)17(21)12-6-7-19-16(8-12)25-13-4-3-5-13/h6-9,13H,3-5,10H2,1-2H3,(H,22,23). The van der Waals surface area contributed by atoms with Crippen LogP contribution in [0.25, 0.3) is 0 Å². The van der Waals surface area contributed by atoms with Crippen LogP contribution < -0.4 is 4.74 Å². The Kier molecular flexibility index (Phi) is 4.74. The SMILES string of the molecule is Cc1oc(CN(C)C(=O)c2ccnc(OC3CCC3)c2)cc1C(=O)O. The van der Waals surface area contributed by atoms with Gasteiger partial charge in [-0.15, -0.1) is 0 Å². The number of carboxylic acids is 1. The van der Waals surface area contributed by atoms with Gasteiger partial charge in [-0.1, -0.05) is 0 Å². The van der Waals surface area contributed by atoms with Gasteiger partial charge in [0, 0.05) is 24.9 Å². The van der Waals surface area contributed by atoms with Crippen molar-refractivity contribution in [1.29, 1.82) is 0 Å². The quantitative estimate of drug-likeness (QED) is 0.866. The molecule has 1 aliphatic carbocycles. The number of aromatic carboxylic acids is 1. The summed E-state index contributed by atoms with van der Waals surface area (Å²) in [5.41, 5.74) is 0.574.